The number of imidazole rings is 1. The summed E-state index contributed by atoms with van der Waals surface area (Å²) in [4.78, 5) is 4.64. The highest BCUT2D eigenvalue weighted by Crippen LogP contribution is 2.21. The maximum atomic E-state index is 5.66. The summed E-state index contributed by atoms with van der Waals surface area (Å²) in [5.74, 6) is 1.01. The maximum Gasteiger partial charge on any atom is 0.136 e. The summed E-state index contributed by atoms with van der Waals surface area (Å²) in [5, 5.41) is 0. The van der Waals surface area contributed by atoms with Crippen LogP contribution in [0.15, 0.2) is 24.3 Å². The lowest BCUT2D eigenvalue weighted by molar-refractivity contribution is 0.0592. The molecule has 1 aromatic carbocycles. The third kappa shape index (κ3) is 2.50. The Labute approximate surface area is 102 Å². The molecule has 0 saturated carbocycles. The molecule has 0 aliphatic carbocycles. The standard InChI is InChI=1S/C14H20N2O/c1-10(2)16-13-8-6-5-7-12(13)15-14(16)9-17-11(3)4/h5-8,10-11H,9H2,1-4H3. The van der Waals surface area contributed by atoms with Gasteiger partial charge >= 0.3 is 0 Å². The third-order valence-corrected chi connectivity index (χ3v) is 2.73. The number of hydrogen-bond acceptors (Lipinski definition) is 2. The van der Waals surface area contributed by atoms with E-state index < -0.39 is 0 Å². The minimum Gasteiger partial charge on any atom is -0.371 e. The van der Waals surface area contributed by atoms with Gasteiger partial charge in [0.2, 0.25) is 0 Å². The Morgan fingerprint density at radius 3 is 2.53 bits per heavy atom. The predicted molar refractivity (Wildman–Crippen MR) is 70.0 cm³/mol. The van der Waals surface area contributed by atoms with Gasteiger partial charge in [0.15, 0.2) is 0 Å². The molecule has 1 heterocycles. The summed E-state index contributed by atoms with van der Waals surface area (Å²) in [5.41, 5.74) is 2.23. The molecule has 0 amide bonds. The van der Waals surface area contributed by atoms with Crippen LogP contribution in [0.4, 0.5) is 0 Å². The van der Waals surface area contributed by atoms with E-state index in [1.165, 1.54) is 5.52 Å². The Hall–Kier alpha value is -1.35. The number of aromatic nitrogens is 2. The lowest BCUT2D eigenvalue weighted by Crippen LogP contribution is -2.10. The molecule has 3 nitrogen and oxygen atoms in total. The molecule has 0 radical (unpaired) electrons. The van der Waals surface area contributed by atoms with Crippen LogP contribution in [0.2, 0.25) is 0 Å². The molecule has 3 heteroatoms. The second kappa shape index (κ2) is 4.88. The second-order valence-corrected chi connectivity index (χ2v) is 4.84. The van der Waals surface area contributed by atoms with Gasteiger partial charge in [0, 0.05) is 6.04 Å². The number of para-hydroxylation sites is 2. The topological polar surface area (TPSA) is 27.1 Å². The number of fused-ring (bicyclic) bond motifs is 1. The van der Waals surface area contributed by atoms with E-state index in [1.807, 2.05) is 26.0 Å². The highest BCUT2D eigenvalue weighted by molar-refractivity contribution is 5.76. The van der Waals surface area contributed by atoms with Crippen LogP contribution in [0.25, 0.3) is 11.0 Å². The van der Waals surface area contributed by atoms with E-state index in [1.54, 1.807) is 0 Å². The second-order valence-electron chi connectivity index (χ2n) is 4.84. The molecular formula is C14H20N2O. The third-order valence-electron chi connectivity index (χ3n) is 2.73. The SMILES string of the molecule is CC(C)OCc1nc2ccccc2n1C(C)C. The molecule has 0 saturated heterocycles. The quantitative estimate of drug-likeness (QED) is 0.806. The van der Waals surface area contributed by atoms with Crippen LogP contribution in [0.3, 0.4) is 0 Å². The average Bonchev–Trinajstić information content (AvgIpc) is 2.64. The van der Waals surface area contributed by atoms with Gasteiger partial charge in [-0.2, -0.15) is 0 Å². The molecule has 92 valence electrons. The monoisotopic (exact) mass is 232 g/mol. The summed E-state index contributed by atoms with van der Waals surface area (Å²) in [6.45, 7) is 9.01. The van der Waals surface area contributed by atoms with Crippen molar-refractivity contribution in [2.75, 3.05) is 0 Å². The first kappa shape index (κ1) is 12.1. The Balaban J connectivity index is 2.43. The van der Waals surface area contributed by atoms with Crippen molar-refractivity contribution in [3.05, 3.63) is 30.1 Å². The number of ether oxygens (including phenoxy) is 1. The minimum atomic E-state index is 0.232. The van der Waals surface area contributed by atoms with Crippen molar-refractivity contribution in [2.24, 2.45) is 0 Å². The summed E-state index contributed by atoms with van der Waals surface area (Å²) in [6, 6.07) is 8.63. The fourth-order valence-electron chi connectivity index (χ4n) is 2.01. The number of nitrogens with zero attached hydrogens (tertiary/aromatic N) is 2. The van der Waals surface area contributed by atoms with Crippen molar-refractivity contribution in [1.29, 1.82) is 0 Å². The molecule has 0 bridgehead atoms. The normalized spacial score (nSPS) is 11.9. The lowest BCUT2D eigenvalue weighted by atomic mass is 10.3. The number of rotatable bonds is 4. The largest absolute Gasteiger partial charge is 0.371 e. The van der Waals surface area contributed by atoms with Gasteiger partial charge < -0.3 is 9.30 Å². The van der Waals surface area contributed by atoms with E-state index in [4.69, 9.17) is 4.74 Å². The van der Waals surface area contributed by atoms with Gasteiger partial charge in [0.25, 0.3) is 0 Å². The van der Waals surface area contributed by atoms with Crippen LogP contribution in [0, 0.1) is 0 Å². The summed E-state index contributed by atoms with van der Waals surface area (Å²) in [6.07, 6.45) is 0.232. The van der Waals surface area contributed by atoms with Crippen molar-refractivity contribution in [3.63, 3.8) is 0 Å². The fourth-order valence-corrected chi connectivity index (χ4v) is 2.01. The van der Waals surface area contributed by atoms with E-state index in [-0.39, 0.29) is 6.10 Å². The van der Waals surface area contributed by atoms with Gasteiger partial charge in [-0.1, -0.05) is 12.1 Å². The Bertz CT molecular complexity index is 500. The van der Waals surface area contributed by atoms with Gasteiger partial charge in [-0.25, -0.2) is 4.98 Å². The fraction of sp³-hybridized carbons (Fsp3) is 0.500. The average molecular weight is 232 g/mol. The van der Waals surface area contributed by atoms with E-state index in [0.717, 1.165) is 11.3 Å². The van der Waals surface area contributed by atoms with Gasteiger partial charge in [-0.3, -0.25) is 0 Å². The van der Waals surface area contributed by atoms with E-state index >= 15 is 0 Å². The van der Waals surface area contributed by atoms with Crippen molar-refractivity contribution in [2.45, 2.75) is 46.4 Å². The van der Waals surface area contributed by atoms with Crippen molar-refractivity contribution >= 4 is 11.0 Å². The maximum absolute atomic E-state index is 5.66. The molecule has 0 N–H and O–H groups in total. The van der Waals surface area contributed by atoms with E-state index in [9.17, 15) is 0 Å². The van der Waals surface area contributed by atoms with Crippen molar-refractivity contribution in [3.8, 4) is 0 Å². The molecule has 2 rings (SSSR count). The van der Waals surface area contributed by atoms with Gasteiger partial charge in [0.05, 0.1) is 17.1 Å². The van der Waals surface area contributed by atoms with Gasteiger partial charge in [-0.05, 0) is 39.8 Å². The molecule has 1 aromatic heterocycles. The lowest BCUT2D eigenvalue weighted by Gasteiger charge is -2.14. The molecule has 0 aliphatic rings. The zero-order valence-electron chi connectivity index (χ0n) is 11.0. The van der Waals surface area contributed by atoms with Gasteiger partial charge in [0.1, 0.15) is 12.4 Å². The van der Waals surface area contributed by atoms with Crippen LogP contribution >= 0.6 is 0 Å². The highest BCUT2D eigenvalue weighted by atomic mass is 16.5. The zero-order valence-corrected chi connectivity index (χ0v) is 11.0. The summed E-state index contributed by atoms with van der Waals surface area (Å²) < 4.78 is 7.91. The van der Waals surface area contributed by atoms with Crippen LogP contribution in [-0.2, 0) is 11.3 Å². The van der Waals surface area contributed by atoms with E-state index in [2.05, 4.69) is 35.5 Å². The van der Waals surface area contributed by atoms with Crippen LogP contribution in [0.1, 0.15) is 39.6 Å². The summed E-state index contributed by atoms with van der Waals surface area (Å²) in [7, 11) is 0. The molecular weight excluding hydrogens is 212 g/mol. The first-order valence-electron chi connectivity index (χ1n) is 6.17. The number of hydrogen-bond donors (Lipinski definition) is 0. The Morgan fingerprint density at radius 1 is 1.18 bits per heavy atom. The molecule has 0 spiro atoms. The minimum absolute atomic E-state index is 0.232. The molecule has 0 unspecified atom stereocenters. The van der Waals surface area contributed by atoms with Crippen LogP contribution < -0.4 is 0 Å². The highest BCUT2D eigenvalue weighted by Gasteiger charge is 2.13. The molecule has 0 aliphatic heterocycles. The van der Waals surface area contributed by atoms with Crippen molar-refractivity contribution < 1.29 is 4.74 Å². The van der Waals surface area contributed by atoms with E-state index in [0.29, 0.717) is 12.6 Å². The van der Waals surface area contributed by atoms with Crippen LogP contribution in [0.5, 0.6) is 0 Å². The molecule has 0 fully saturated rings. The van der Waals surface area contributed by atoms with Crippen LogP contribution in [-0.4, -0.2) is 15.7 Å². The summed E-state index contributed by atoms with van der Waals surface area (Å²) >= 11 is 0. The first-order valence-corrected chi connectivity index (χ1v) is 6.17. The Kier molecular flexibility index (Phi) is 3.48. The zero-order chi connectivity index (χ0) is 12.4. The molecule has 2 aromatic rings. The smallest absolute Gasteiger partial charge is 0.136 e. The Morgan fingerprint density at radius 2 is 1.88 bits per heavy atom. The predicted octanol–water partition coefficient (Wildman–Crippen LogP) is 3.54. The molecule has 17 heavy (non-hydrogen) atoms. The molecule has 0 atom stereocenters. The number of benzene rings is 1. The first-order chi connectivity index (χ1) is 8.09. The van der Waals surface area contributed by atoms with Crippen molar-refractivity contribution in [1.82, 2.24) is 9.55 Å². The van der Waals surface area contributed by atoms with Gasteiger partial charge in [-0.15, -0.1) is 0 Å².